The molecule has 3 rings (SSSR count). The Bertz CT molecular complexity index is 1030. The maximum Gasteiger partial charge on any atom is 0.326 e. The summed E-state index contributed by atoms with van der Waals surface area (Å²) >= 11 is 0. The monoisotopic (exact) mass is 382 g/mol. The van der Waals surface area contributed by atoms with Crippen LogP contribution in [0, 0.1) is 6.92 Å². The van der Waals surface area contributed by atoms with Crippen LogP contribution in [0.1, 0.15) is 24.6 Å². The minimum Gasteiger partial charge on any atom is -0.438 e. The van der Waals surface area contributed by atoms with Crippen molar-refractivity contribution in [2.45, 2.75) is 20.3 Å². The Labute approximate surface area is 162 Å². The summed E-state index contributed by atoms with van der Waals surface area (Å²) in [4.78, 5) is 25.2. The van der Waals surface area contributed by atoms with Gasteiger partial charge in [0.25, 0.3) is 0 Å². The number of hydrogen-bond acceptors (Lipinski definition) is 7. The molecule has 9 heteroatoms. The molecule has 3 aromatic rings. The Balaban J connectivity index is 1.94. The number of aromatic nitrogens is 3. The molecule has 0 spiro atoms. The maximum absolute atomic E-state index is 12.4. The normalized spacial score (nSPS) is 11.1. The van der Waals surface area contributed by atoms with Crippen LogP contribution in [0.5, 0.6) is 11.6 Å². The van der Waals surface area contributed by atoms with Crippen LogP contribution >= 0.6 is 0 Å². The van der Waals surface area contributed by atoms with Crippen LogP contribution in [0.25, 0.3) is 10.9 Å². The zero-order valence-electron chi connectivity index (χ0n) is 16.0. The lowest BCUT2D eigenvalue weighted by Gasteiger charge is -2.10. The third-order valence-electron chi connectivity index (χ3n) is 4.07. The van der Waals surface area contributed by atoms with E-state index in [2.05, 4.69) is 20.4 Å². The third kappa shape index (κ3) is 3.88. The highest BCUT2D eigenvalue weighted by atomic mass is 16.6. The number of carbonyl (C=O) groups excluding carboxylic acids is 1. The summed E-state index contributed by atoms with van der Waals surface area (Å²) in [6.45, 7) is 4.52. The number of benzene rings is 1. The maximum atomic E-state index is 12.4. The second-order valence-electron chi connectivity index (χ2n) is 6.07. The van der Waals surface area contributed by atoms with Crippen molar-refractivity contribution in [2.24, 2.45) is 5.16 Å². The van der Waals surface area contributed by atoms with E-state index in [0.29, 0.717) is 17.9 Å². The molecule has 0 fully saturated rings. The fourth-order valence-corrected chi connectivity index (χ4v) is 2.79. The van der Waals surface area contributed by atoms with Crippen molar-refractivity contribution in [2.75, 3.05) is 19.4 Å². The molecule has 3 N–H and O–H groups in total. The molecule has 0 aliphatic heterocycles. The fourth-order valence-electron chi connectivity index (χ4n) is 2.79. The van der Waals surface area contributed by atoms with Gasteiger partial charge in [-0.15, -0.1) is 0 Å². The van der Waals surface area contributed by atoms with Gasteiger partial charge in [0.15, 0.2) is 0 Å². The van der Waals surface area contributed by atoms with Crippen LogP contribution in [0.15, 0.2) is 35.7 Å². The van der Waals surface area contributed by atoms with Crippen molar-refractivity contribution < 1.29 is 14.4 Å². The van der Waals surface area contributed by atoms with E-state index in [1.54, 1.807) is 10.6 Å². The van der Waals surface area contributed by atoms with Gasteiger partial charge in [-0.25, -0.2) is 14.8 Å². The van der Waals surface area contributed by atoms with Crippen LogP contribution in [0.3, 0.4) is 0 Å². The summed E-state index contributed by atoms with van der Waals surface area (Å²) in [5.41, 5.74) is 7.92. The Kier molecular flexibility index (Phi) is 5.73. The molecule has 9 nitrogen and oxygen atoms in total. The second-order valence-corrected chi connectivity index (χ2v) is 6.07. The van der Waals surface area contributed by atoms with Crippen molar-refractivity contribution in [1.29, 1.82) is 0 Å². The molecule has 1 amide bonds. The number of hydrogen-bond donors (Lipinski definition) is 2. The van der Waals surface area contributed by atoms with E-state index in [1.807, 2.05) is 32.0 Å². The first-order valence-corrected chi connectivity index (χ1v) is 8.80. The Morgan fingerprint density at radius 3 is 2.93 bits per heavy atom. The number of amides is 1. The van der Waals surface area contributed by atoms with Crippen LogP contribution in [-0.4, -0.2) is 40.4 Å². The van der Waals surface area contributed by atoms with Gasteiger partial charge in [0.2, 0.25) is 5.88 Å². The molecule has 2 heterocycles. The summed E-state index contributed by atoms with van der Waals surface area (Å²) < 4.78 is 7.53. The lowest BCUT2D eigenvalue weighted by Crippen LogP contribution is -2.29. The number of rotatable bonds is 6. The molecule has 0 saturated carbocycles. The van der Waals surface area contributed by atoms with E-state index in [0.717, 1.165) is 23.0 Å². The number of nitrogens with two attached hydrogens (primary N) is 1. The first kappa shape index (κ1) is 19.2. The highest BCUT2D eigenvalue weighted by Gasteiger charge is 2.14. The van der Waals surface area contributed by atoms with E-state index in [4.69, 9.17) is 15.3 Å². The van der Waals surface area contributed by atoms with Gasteiger partial charge in [-0.2, -0.15) is 0 Å². The molecule has 0 radical (unpaired) electrons. The topological polar surface area (TPSA) is 117 Å². The zero-order chi connectivity index (χ0) is 20.1. The number of aryl methyl sites for hydroxylation is 1. The summed E-state index contributed by atoms with van der Waals surface area (Å²) in [6, 6.07) is 7.21. The average Bonchev–Trinajstić information content (AvgIpc) is 3.00. The largest absolute Gasteiger partial charge is 0.438 e. The molecule has 2 aromatic heterocycles. The molecule has 0 aliphatic carbocycles. The number of oxime groups is 1. The van der Waals surface area contributed by atoms with Crippen LogP contribution in [0.4, 0.5) is 10.6 Å². The predicted molar refractivity (Wildman–Crippen MR) is 107 cm³/mol. The average molecular weight is 382 g/mol. The quantitative estimate of drug-likeness (QED) is 0.500. The smallest absolute Gasteiger partial charge is 0.326 e. The van der Waals surface area contributed by atoms with E-state index in [-0.39, 0.29) is 17.7 Å². The SMILES string of the molecule is CCCNC(=O)n1c(C)cc2cc(Oc3ncnc(N)c3/C=N/OC)ccc21. The van der Waals surface area contributed by atoms with Crippen molar-refractivity contribution in [3.8, 4) is 11.6 Å². The molecule has 28 heavy (non-hydrogen) atoms. The fraction of sp³-hybridized carbons (Fsp3) is 0.263. The number of nitrogens with one attached hydrogen (secondary N) is 1. The number of fused-ring (bicyclic) bond motifs is 1. The number of nitrogens with zero attached hydrogens (tertiary/aromatic N) is 4. The summed E-state index contributed by atoms with van der Waals surface area (Å²) in [5.74, 6) is 1.02. The van der Waals surface area contributed by atoms with Gasteiger partial charge < -0.3 is 20.6 Å². The van der Waals surface area contributed by atoms with Gasteiger partial charge in [0.05, 0.1) is 11.7 Å². The van der Waals surface area contributed by atoms with Gasteiger partial charge in [-0.05, 0) is 37.6 Å². The lowest BCUT2D eigenvalue weighted by atomic mass is 10.2. The number of ether oxygens (including phenoxy) is 1. The highest BCUT2D eigenvalue weighted by molar-refractivity contribution is 5.93. The molecule has 146 valence electrons. The van der Waals surface area contributed by atoms with E-state index >= 15 is 0 Å². The number of nitrogen functional groups attached to an aromatic ring is 1. The Hall–Kier alpha value is -3.62. The van der Waals surface area contributed by atoms with E-state index in [9.17, 15) is 4.79 Å². The van der Waals surface area contributed by atoms with Gasteiger partial charge in [-0.3, -0.25) is 4.57 Å². The second kappa shape index (κ2) is 8.38. The number of anilines is 1. The molecule has 0 saturated heterocycles. The molecular formula is C19H22N6O3. The Morgan fingerprint density at radius 1 is 1.36 bits per heavy atom. The molecule has 0 bridgehead atoms. The highest BCUT2D eigenvalue weighted by Crippen LogP contribution is 2.29. The first-order chi connectivity index (χ1) is 13.5. The van der Waals surface area contributed by atoms with Crippen molar-refractivity contribution in [1.82, 2.24) is 19.9 Å². The molecule has 0 aliphatic rings. The van der Waals surface area contributed by atoms with Gasteiger partial charge in [0.1, 0.15) is 30.6 Å². The zero-order valence-corrected chi connectivity index (χ0v) is 16.0. The van der Waals surface area contributed by atoms with E-state index < -0.39 is 0 Å². The van der Waals surface area contributed by atoms with Gasteiger partial charge in [-0.1, -0.05) is 12.1 Å². The molecule has 1 aromatic carbocycles. The summed E-state index contributed by atoms with van der Waals surface area (Å²) in [6.07, 6.45) is 3.58. The van der Waals surface area contributed by atoms with Crippen molar-refractivity contribution >= 4 is 29.0 Å². The summed E-state index contributed by atoms with van der Waals surface area (Å²) in [7, 11) is 1.43. The van der Waals surface area contributed by atoms with Crippen molar-refractivity contribution in [3.63, 3.8) is 0 Å². The van der Waals surface area contributed by atoms with Gasteiger partial charge >= 0.3 is 6.03 Å². The molecule has 0 atom stereocenters. The molecular weight excluding hydrogens is 360 g/mol. The van der Waals surface area contributed by atoms with Crippen LogP contribution < -0.4 is 15.8 Å². The van der Waals surface area contributed by atoms with Crippen molar-refractivity contribution in [3.05, 3.63) is 41.9 Å². The van der Waals surface area contributed by atoms with Crippen LogP contribution in [0.2, 0.25) is 0 Å². The summed E-state index contributed by atoms with van der Waals surface area (Å²) in [5, 5.41) is 7.46. The minimum absolute atomic E-state index is 0.148. The standard InChI is InChI=1S/C19H22N6O3/c1-4-7-21-19(26)25-12(2)8-13-9-14(5-6-16(13)25)28-18-15(10-24-27-3)17(20)22-11-23-18/h5-6,8-11H,4,7H2,1-3H3,(H,21,26)(H2,20,22,23)/b24-10+. The predicted octanol–water partition coefficient (Wildman–Crippen LogP) is 3.06. The van der Waals surface area contributed by atoms with E-state index in [1.165, 1.54) is 19.7 Å². The minimum atomic E-state index is -0.148. The Morgan fingerprint density at radius 2 is 2.18 bits per heavy atom. The van der Waals surface area contributed by atoms with Crippen LogP contribution in [-0.2, 0) is 4.84 Å². The third-order valence-corrected chi connectivity index (χ3v) is 4.07. The lowest BCUT2D eigenvalue weighted by molar-refractivity contribution is 0.215. The van der Waals surface area contributed by atoms with Gasteiger partial charge in [0, 0.05) is 17.6 Å². The molecule has 0 unspecified atom stereocenters. The first-order valence-electron chi connectivity index (χ1n) is 8.80. The number of carbonyl (C=O) groups is 1.